The van der Waals surface area contributed by atoms with Gasteiger partial charge in [-0.15, -0.1) is 0 Å². The van der Waals surface area contributed by atoms with E-state index in [2.05, 4.69) is 0 Å². The van der Waals surface area contributed by atoms with Crippen molar-refractivity contribution in [3.05, 3.63) is 76.9 Å². The third-order valence-electron chi connectivity index (χ3n) is 6.17. The Bertz CT molecular complexity index is 1190. The van der Waals surface area contributed by atoms with Gasteiger partial charge in [0.05, 0.1) is 41.6 Å². The van der Waals surface area contributed by atoms with Crippen molar-refractivity contribution in [3.8, 4) is 28.7 Å². The van der Waals surface area contributed by atoms with E-state index in [0.717, 1.165) is 16.7 Å². The first-order chi connectivity index (χ1) is 16.5. The predicted octanol–water partition coefficient (Wildman–Crippen LogP) is 4.52. The highest BCUT2D eigenvalue weighted by Gasteiger charge is 2.34. The molecule has 0 radical (unpaired) electrons. The Morgan fingerprint density at radius 1 is 0.765 bits per heavy atom. The van der Waals surface area contributed by atoms with E-state index in [1.54, 1.807) is 47.7 Å². The number of benzene rings is 3. The first-order valence-corrected chi connectivity index (χ1v) is 11.0. The Morgan fingerprint density at radius 3 is 2.12 bits per heavy atom. The van der Waals surface area contributed by atoms with Crippen molar-refractivity contribution < 1.29 is 28.5 Å². The zero-order chi connectivity index (χ0) is 24.2. The third kappa shape index (κ3) is 4.21. The number of carbonyl (C=O) groups excluding carboxylic acids is 1. The van der Waals surface area contributed by atoms with E-state index >= 15 is 0 Å². The molecule has 1 aliphatic heterocycles. The minimum absolute atomic E-state index is 0.0841. The lowest BCUT2D eigenvalue weighted by molar-refractivity contribution is 0.0693. The lowest BCUT2D eigenvalue weighted by Crippen LogP contribution is -2.40. The summed E-state index contributed by atoms with van der Waals surface area (Å²) in [6, 6.07) is 16.5. The van der Waals surface area contributed by atoms with Crippen molar-refractivity contribution in [2.75, 3.05) is 42.1 Å². The molecule has 0 unspecified atom stereocenters. The monoisotopic (exact) mass is 463 g/mol. The summed E-state index contributed by atoms with van der Waals surface area (Å²) in [5.74, 6) is 3.06. The van der Waals surface area contributed by atoms with Crippen LogP contribution in [0.15, 0.2) is 54.6 Å². The maximum atomic E-state index is 13.8. The number of carbonyl (C=O) groups is 1. The molecule has 0 aliphatic carbocycles. The van der Waals surface area contributed by atoms with Gasteiger partial charge in [0.1, 0.15) is 5.75 Å². The quantitative estimate of drug-likeness (QED) is 0.513. The molecule has 0 spiro atoms. The fourth-order valence-electron chi connectivity index (χ4n) is 4.47. The van der Waals surface area contributed by atoms with Crippen LogP contribution in [0, 0.1) is 0 Å². The molecule has 3 aromatic carbocycles. The molecule has 0 N–H and O–H groups in total. The normalized spacial score (nSPS) is 14.7. The lowest BCUT2D eigenvalue weighted by Gasteiger charge is -2.38. The summed E-state index contributed by atoms with van der Waals surface area (Å²) >= 11 is 0. The van der Waals surface area contributed by atoms with Crippen LogP contribution in [0.5, 0.6) is 28.7 Å². The Balaban J connectivity index is 1.87. The molecule has 7 nitrogen and oxygen atoms in total. The van der Waals surface area contributed by atoms with Crippen LogP contribution < -0.4 is 23.7 Å². The smallest absolute Gasteiger partial charge is 0.254 e. The van der Waals surface area contributed by atoms with Gasteiger partial charge in [0, 0.05) is 12.1 Å². The molecule has 3 aromatic rings. The lowest BCUT2D eigenvalue weighted by atomic mass is 9.87. The van der Waals surface area contributed by atoms with Crippen LogP contribution >= 0.6 is 0 Å². The van der Waals surface area contributed by atoms with Crippen molar-refractivity contribution in [2.45, 2.75) is 12.5 Å². The Kier molecular flexibility index (Phi) is 6.82. The summed E-state index contributed by atoms with van der Waals surface area (Å²) in [6.07, 6.45) is 0.690. The van der Waals surface area contributed by atoms with Crippen molar-refractivity contribution in [3.63, 3.8) is 0 Å². The Labute approximate surface area is 199 Å². The van der Waals surface area contributed by atoms with Crippen molar-refractivity contribution in [2.24, 2.45) is 0 Å². The number of hydrogen-bond donors (Lipinski definition) is 0. The van der Waals surface area contributed by atoms with Crippen LogP contribution in [-0.2, 0) is 6.42 Å². The number of hydrogen-bond acceptors (Lipinski definition) is 6. The Morgan fingerprint density at radius 2 is 1.44 bits per heavy atom. The fraction of sp³-hybridized carbons (Fsp3) is 0.296. The number of methoxy groups -OCH3 is 5. The van der Waals surface area contributed by atoms with Gasteiger partial charge in [0.2, 0.25) is 0 Å². The van der Waals surface area contributed by atoms with Gasteiger partial charge in [-0.25, -0.2) is 0 Å². The average molecular weight is 464 g/mol. The summed E-state index contributed by atoms with van der Waals surface area (Å²) in [7, 11) is 8.02. The molecule has 1 atom stereocenters. The van der Waals surface area contributed by atoms with Gasteiger partial charge in [0.25, 0.3) is 5.91 Å². The fourth-order valence-corrected chi connectivity index (χ4v) is 4.47. The summed E-state index contributed by atoms with van der Waals surface area (Å²) in [5, 5.41) is 0. The molecule has 4 rings (SSSR count). The van der Waals surface area contributed by atoms with Crippen LogP contribution in [0.1, 0.15) is 33.1 Å². The van der Waals surface area contributed by atoms with Gasteiger partial charge in [-0.1, -0.05) is 12.1 Å². The summed E-state index contributed by atoms with van der Waals surface area (Å²) in [6.45, 7) is 0.539. The second kappa shape index (κ2) is 9.95. The second-order valence-electron chi connectivity index (χ2n) is 7.90. The van der Waals surface area contributed by atoms with Gasteiger partial charge < -0.3 is 28.6 Å². The highest BCUT2D eigenvalue weighted by atomic mass is 16.5. The number of ether oxygens (including phenoxy) is 5. The molecular formula is C27H29NO6. The number of rotatable bonds is 7. The maximum absolute atomic E-state index is 13.8. The zero-order valence-electron chi connectivity index (χ0n) is 20.1. The van der Waals surface area contributed by atoms with Crippen molar-refractivity contribution >= 4 is 5.91 Å². The van der Waals surface area contributed by atoms with Gasteiger partial charge in [-0.3, -0.25) is 4.79 Å². The maximum Gasteiger partial charge on any atom is 0.254 e. The summed E-state index contributed by atoms with van der Waals surface area (Å²) in [4.78, 5) is 15.7. The van der Waals surface area contributed by atoms with Crippen molar-refractivity contribution in [1.82, 2.24) is 4.90 Å². The molecule has 1 aliphatic rings. The number of fused-ring (bicyclic) bond motifs is 1. The predicted molar refractivity (Wildman–Crippen MR) is 129 cm³/mol. The van der Waals surface area contributed by atoms with E-state index in [0.29, 0.717) is 47.3 Å². The van der Waals surface area contributed by atoms with Crippen LogP contribution in [0.4, 0.5) is 0 Å². The summed E-state index contributed by atoms with van der Waals surface area (Å²) < 4.78 is 27.4. The largest absolute Gasteiger partial charge is 0.497 e. The SMILES string of the molecule is COc1cccc(C(=O)N2CCc3cc(OC)c(OC)cc3[C@H]2c2ccc(OC)c(OC)c2)c1. The van der Waals surface area contributed by atoms with Crippen LogP contribution in [0.3, 0.4) is 0 Å². The van der Waals surface area contributed by atoms with Gasteiger partial charge in [0.15, 0.2) is 23.0 Å². The first kappa shape index (κ1) is 23.3. The molecule has 0 saturated carbocycles. The molecule has 1 amide bonds. The van der Waals surface area contributed by atoms with E-state index in [9.17, 15) is 4.79 Å². The molecular weight excluding hydrogens is 434 g/mol. The minimum atomic E-state index is -0.359. The molecule has 0 bridgehead atoms. The van der Waals surface area contributed by atoms with Crippen LogP contribution in [0.25, 0.3) is 0 Å². The number of nitrogens with zero attached hydrogens (tertiary/aromatic N) is 1. The Hall–Kier alpha value is -3.87. The molecule has 0 fully saturated rings. The standard InChI is InChI=1S/C27H29NO6/c1-30-20-8-6-7-19(13-20)27(29)28-12-11-17-14-24(33-4)25(34-5)16-21(17)26(28)18-9-10-22(31-2)23(15-18)32-3/h6-10,13-16,26H,11-12H2,1-5H3/t26-/m1/s1. The topological polar surface area (TPSA) is 66.5 Å². The average Bonchev–Trinajstić information content (AvgIpc) is 2.90. The molecule has 1 heterocycles. The van der Waals surface area contributed by atoms with E-state index < -0.39 is 0 Å². The highest BCUT2D eigenvalue weighted by Crippen LogP contribution is 2.43. The number of amides is 1. The molecule has 7 heteroatoms. The van der Waals surface area contributed by atoms with Crippen LogP contribution in [0.2, 0.25) is 0 Å². The van der Waals surface area contributed by atoms with Gasteiger partial charge >= 0.3 is 0 Å². The van der Waals surface area contributed by atoms with Crippen molar-refractivity contribution in [1.29, 1.82) is 0 Å². The summed E-state index contributed by atoms with van der Waals surface area (Å²) in [5.41, 5.74) is 3.55. The van der Waals surface area contributed by atoms with E-state index in [4.69, 9.17) is 23.7 Å². The molecule has 0 saturated heterocycles. The van der Waals surface area contributed by atoms with Crippen LogP contribution in [-0.4, -0.2) is 52.9 Å². The minimum Gasteiger partial charge on any atom is -0.497 e. The highest BCUT2D eigenvalue weighted by molar-refractivity contribution is 5.95. The molecule has 0 aromatic heterocycles. The first-order valence-electron chi connectivity index (χ1n) is 11.0. The van der Waals surface area contributed by atoms with Gasteiger partial charge in [-0.2, -0.15) is 0 Å². The zero-order valence-corrected chi connectivity index (χ0v) is 20.1. The molecule has 34 heavy (non-hydrogen) atoms. The second-order valence-corrected chi connectivity index (χ2v) is 7.90. The van der Waals surface area contributed by atoms with E-state index in [1.165, 1.54) is 0 Å². The molecule has 178 valence electrons. The van der Waals surface area contributed by atoms with E-state index in [-0.39, 0.29) is 11.9 Å². The van der Waals surface area contributed by atoms with Gasteiger partial charge in [-0.05, 0) is 65.6 Å². The van der Waals surface area contributed by atoms with E-state index in [1.807, 2.05) is 47.4 Å². The third-order valence-corrected chi connectivity index (χ3v) is 6.17.